The number of nitro groups is 1. The Morgan fingerprint density at radius 1 is 1.28 bits per heavy atom. The molecule has 1 saturated carbocycles. The van der Waals surface area contributed by atoms with Crippen LogP contribution >= 0.6 is 0 Å². The van der Waals surface area contributed by atoms with Gasteiger partial charge in [-0.3, -0.25) is 19.9 Å². The smallest absolute Gasteiger partial charge is 0.272 e. The molecule has 0 amide bonds. The molecular formula is C20H26N2O3. The molecule has 1 fully saturated rings. The van der Waals surface area contributed by atoms with Crippen LogP contribution in [-0.2, 0) is 11.2 Å². The lowest BCUT2D eigenvalue weighted by Crippen LogP contribution is -2.31. The lowest BCUT2D eigenvalue weighted by Gasteiger charge is -2.30. The molecule has 1 aliphatic carbocycles. The van der Waals surface area contributed by atoms with Crippen LogP contribution in [0.25, 0.3) is 0 Å². The second-order valence-corrected chi connectivity index (χ2v) is 8.08. The van der Waals surface area contributed by atoms with E-state index in [1.165, 1.54) is 6.42 Å². The van der Waals surface area contributed by atoms with Crippen LogP contribution in [0, 0.1) is 23.0 Å². The first-order valence-electron chi connectivity index (χ1n) is 9.16. The fraction of sp³-hybridized carbons (Fsp3) is 0.600. The Balaban J connectivity index is 1.95. The molecule has 1 heterocycles. The summed E-state index contributed by atoms with van der Waals surface area (Å²) in [5, 5.41) is 11.3. The van der Waals surface area contributed by atoms with Crippen molar-refractivity contribution in [1.29, 1.82) is 0 Å². The van der Waals surface area contributed by atoms with Crippen molar-refractivity contribution in [2.24, 2.45) is 10.9 Å². The minimum Gasteiger partial charge on any atom is -0.299 e. The van der Waals surface area contributed by atoms with Crippen molar-refractivity contribution in [2.45, 2.75) is 71.3 Å². The molecule has 3 rings (SSSR count). The number of nitro benzene ring substituents is 1. The van der Waals surface area contributed by atoms with Crippen LogP contribution in [0.15, 0.2) is 17.1 Å². The van der Waals surface area contributed by atoms with Crippen LogP contribution in [0.5, 0.6) is 0 Å². The number of nitrogens with zero attached hydrogens (tertiary/aromatic N) is 2. The van der Waals surface area contributed by atoms with Crippen molar-refractivity contribution in [1.82, 2.24) is 0 Å². The number of aryl methyl sites for hydroxylation is 1. The Kier molecular flexibility index (Phi) is 4.76. The number of hydrogen-bond donors (Lipinski definition) is 0. The van der Waals surface area contributed by atoms with E-state index in [4.69, 9.17) is 4.99 Å². The molecule has 5 nitrogen and oxygen atoms in total. The van der Waals surface area contributed by atoms with Crippen molar-refractivity contribution in [3.05, 3.63) is 38.9 Å². The summed E-state index contributed by atoms with van der Waals surface area (Å²) < 4.78 is 0. The minimum atomic E-state index is -0.351. The molecule has 0 spiro atoms. The Morgan fingerprint density at radius 2 is 1.96 bits per heavy atom. The molecule has 5 heteroatoms. The van der Waals surface area contributed by atoms with Gasteiger partial charge in [-0.1, -0.05) is 19.3 Å². The number of carbonyl (C=O) groups is 1. The van der Waals surface area contributed by atoms with Crippen molar-refractivity contribution in [3.8, 4) is 0 Å². The number of ketones is 1. The summed E-state index contributed by atoms with van der Waals surface area (Å²) >= 11 is 0. The quantitative estimate of drug-likeness (QED) is 0.594. The maximum atomic E-state index is 12.8. The Hall–Kier alpha value is -2.04. The van der Waals surface area contributed by atoms with Gasteiger partial charge in [-0.15, -0.1) is 0 Å². The van der Waals surface area contributed by atoms with E-state index in [1.807, 2.05) is 6.07 Å². The van der Waals surface area contributed by atoms with E-state index in [0.29, 0.717) is 12.0 Å². The number of rotatable bonds is 4. The van der Waals surface area contributed by atoms with Gasteiger partial charge in [-0.05, 0) is 51.7 Å². The molecule has 0 N–H and O–H groups in total. The number of hydrogen-bond acceptors (Lipinski definition) is 4. The molecule has 1 aromatic rings. The maximum absolute atomic E-state index is 12.8. The number of aliphatic imine (C=N–C) groups is 1. The van der Waals surface area contributed by atoms with Crippen molar-refractivity contribution >= 4 is 17.2 Å². The number of carbonyl (C=O) groups excluding carboxylic acids is 1. The van der Waals surface area contributed by atoms with Gasteiger partial charge in [-0.2, -0.15) is 0 Å². The van der Waals surface area contributed by atoms with E-state index in [-0.39, 0.29) is 27.9 Å². The first-order chi connectivity index (χ1) is 11.8. The molecule has 0 unspecified atom stereocenters. The highest BCUT2D eigenvalue weighted by Crippen LogP contribution is 2.34. The maximum Gasteiger partial charge on any atom is 0.272 e. The fourth-order valence-corrected chi connectivity index (χ4v) is 4.17. The minimum absolute atomic E-state index is 0.108. The topological polar surface area (TPSA) is 72.6 Å². The van der Waals surface area contributed by atoms with Gasteiger partial charge < -0.3 is 0 Å². The Bertz CT molecular complexity index is 744. The SMILES string of the molecule is Cc1cc2c(cc1[N+](=O)[O-])C(CC(=O)C1CCCCC1)=NC(C)(C)C2. The van der Waals surface area contributed by atoms with Gasteiger partial charge in [0.2, 0.25) is 0 Å². The molecule has 134 valence electrons. The standard InChI is InChI=1S/C20H26N2O3/c1-13-9-15-12-20(2,3)21-17(16(15)10-18(13)22(24)25)11-19(23)14-7-5-4-6-8-14/h9-10,14H,4-8,11-12H2,1-3H3. The molecule has 25 heavy (non-hydrogen) atoms. The van der Waals surface area contributed by atoms with Gasteiger partial charge in [0, 0.05) is 29.5 Å². The predicted octanol–water partition coefficient (Wildman–Crippen LogP) is 4.57. The van der Waals surface area contributed by atoms with Gasteiger partial charge >= 0.3 is 0 Å². The number of Topliss-reactive ketones (excluding diaryl/α,β-unsaturated/α-hetero) is 1. The Labute approximate surface area is 148 Å². The van der Waals surface area contributed by atoms with E-state index < -0.39 is 0 Å². The number of fused-ring (bicyclic) bond motifs is 1. The van der Waals surface area contributed by atoms with Gasteiger partial charge in [-0.25, -0.2) is 0 Å². The molecule has 0 aromatic heterocycles. The van der Waals surface area contributed by atoms with Gasteiger partial charge in [0.05, 0.1) is 16.2 Å². The van der Waals surface area contributed by atoms with Gasteiger partial charge in [0.1, 0.15) is 5.78 Å². The molecule has 0 atom stereocenters. The molecule has 0 saturated heterocycles. The first kappa shape index (κ1) is 17.8. The molecule has 2 aliphatic rings. The Morgan fingerprint density at radius 3 is 2.60 bits per heavy atom. The summed E-state index contributed by atoms with van der Waals surface area (Å²) in [6.45, 7) is 5.87. The highest BCUT2D eigenvalue weighted by molar-refractivity contribution is 6.13. The summed E-state index contributed by atoms with van der Waals surface area (Å²) in [5.74, 6) is 0.371. The first-order valence-corrected chi connectivity index (χ1v) is 9.16. The van der Waals surface area contributed by atoms with Crippen LogP contribution in [0.2, 0.25) is 0 Å². The van der Waals surface area contributed by atoms with Crippen molar-refractivity contribution in [3.63, 3.8) is 0 Å². The van der Waals surface area contributed by atoms with E-state index in [9.17, 15) is 14.9 Å². The van der Waals surface area contributed by atoms with E-state index in [0.717, 1.165) is 48.9 Å². The zero-order valence-corrected chi connectivity index (χ0v) is 15.3. The molecule has 0 radical (unpaired) electrons. The third kappa shape index (κ3) is 3.80. The van der Waals surface area contributed by atoms with Crippen molar-refractivity contribution in [2.75, 3.05) is 0 Å². The highest BCUT2D eigenvalue weighted by Gasteiger charge is 2.31. The van der Waals surface area contributed by atoms with E-state index in [1.54, 1.807) is 13.0 Å². The van der Waals surface area contributed by atoms with E-state index in [2.05, 4.69) is 13.8 Å². The average Bonchev–Trinajstić information content (AvgIpc) is 2.53. The van der Waals surface area contributed by atoms with E-state index >= 15 is 0 Å². The molecule has 0 bridgehead atoms. The summed E-state index contributed by atoms with van der Waals surface area (Å²) in [6.07, 6.45) is 6.42. The molecular weight excluding hydrogens is 316 g/mol. The van der Waals surface area contributed by atoms with Crippen LogP contribution < -0.4 is 0 Å². The predicted molar refractivity (Wildman–Crippen MR) is 98.4 cm³/mol. The lowest BCUT2D eigenvalue weighted by atomic mass is 9.81. The lowest BCUT2D eigenvalue weighted by molar-refractivity contribution is -0.385. The average molecular weight is 342 g/mol. The second kappa shape index (κ2) is 6.70. The zero-order chi connectivity index (χ0) is 18.2. The number of benzene rings is 1. The van der Waals surface area contributed by atoms with Crippen LogP contribution in [0.4, 0.5) is 5.69 Å². The summed E-state index contributed by atoms with van der Waals surface area (Å²) in [5.41, 5.74) is 3.08. The highest BCUT2D eigenvalue weighted by atomic mass is 16.6. The summed E-state index contributed by atoms with van der Waals surface area (Å²) in [7, 11) is 0. The van der Waals surface area contributed by atoms with Crippen LogP contribution in [-0.4, -0.2) is 22.0 Å². The van der Waals surface area contributed by atoms with Gasteiger partial charge in [0.25, 0.3) is 5.69 Å². The molecule has 1 aromatic carbocycles. The third-order valence-corrected chi connectivity index (χ3v) is 5.39. The van der Waals surface area contributed by atoms with Gasteiger partial charge in [0.15, 0.2) is 0 Å². The molecule has 1 aliphatic heterocycles. The monoisotopic (exact) mass is 342 g/mol. The third-order valence-electron chi connectivity index (χ3n) is 5.39. The normalized spacial score (nSPS) is 19.9. The summed E-state index contributed by atoms with van der Waals surface area (Å²) in [4.78, 5) is 28.5. The van der Waals surface area contributed by atoms with Crippen LogP contribution in [0.3, 0.4) is 0 Å². The fourth-order valence-electron chi connectivity index (χ4n) is 4.17. The second-order valence-electron chi connectivity index (χ2n) is 8.08. The summed E-state index contributed by atoms with van der Waals surface area (Å²) in [6, 6.07) is 3.52. The van der Waals surface area contributed by atoms with Crippen molar-refractivity contribution < 1.29 is 9.72 Å². The van der Waals surface area contributed by atoms with Crippen LogP contribution in [0.1, 0.15) is 69.1 Å². The zero-order valence-electron chi connectivity index (χ0n) is 15.3. The largest absolute Gasteiger partial charge is 0.299 e.